The number of thioether (sulfide) groups is 1. The summed E-state index contributed by atoms with van der Waals surface area (Å²) in [5.41, 5.74) is 5.80. The monoisotopic (exact) mass is 428 g/mol. The molecule has 3 aliphatic rings. The van der Waals surface area contributed by atoms with E-state index in [1.54, 1.807) is 3.58 Å². The van der Waals surface area contributed by atoms with Crippen molar-refractivity contribution in [1.29, 1.82) is 0 Å². The van der Waals surface area contributed by atoms with Gasteiger partial charge in [0.15, 0.2) is 0 Å². The predicted molar refractivity (Wildman–Crippen MR) is 111 cm³/mol. The summed E-state index contributed by atoms with van der Waals surface area (Å²) >= 11 is 2.16. The second-order valence-corrected chi connectivity index (χ2v) is 10.7. The highest BCUT2D eigenvalue weighted by atomic mass is 127. The Labute approximate surface area is 151 Å². The zero-order valence-electron chi connectivity index (χ0n) is 13.1. The number of aryl methyl sites for hydroxylation is 1. The second kappa shape index (κ2) is 5.18. The van der Waals surface area contributed by atoms with E-state index < -0.39 is 0 Å². The van der Waals surface area contributed by atoms with Gasteiger partial charge in [-0.25, -0.2) is 0 Å². The zero-order valence-corrected chi connectivity index (χ0v) is 16.1. The number of rotatable bonds is 0. The van der Waals surface area contributed by atoms with Gasteiger partial charge in [-0.05, 0) is 67.1 Å². The van der Waals surface area contributed by atoms with Crippen LogP contribution in [0.15, 0.2) is 68.2 Å². The Hall–Kier alpha value is -1.13. The van der Waals surface area contributed by atoms with Gasteiger partial charge < -0.3 is 0 Å². The van der Waals surface area contributed by atoms with E-state index in [4.69, 9.17) is 0 Å². The zero-order chi connectivity index (χ0) is 15.6. The molecule has 0 saturated carbocycles. The van der Waals surface area contributed by atoms with Crippen LogP contribution >= 0.6 is 32.5 Å². The highest BCUT2D eigenvalue weighted by Gasteiger charge is 2.34. The van der Waals surface area contributed by atoms with Gasteiger partial charge in [-0.3, -0.25) is 0 Å². The van der Waals surface area contributed by atoms with E-state index in [-0.39, 0.29) is 20.7 Å². The van der Waals surface area contributed by atoms with Crippen molar-refractivity contribution in [2.24, 2.45) is 0 Å². The molecule has 0 spiro atoms. The largest absolute Gasteiger partial charge is 0.117 e. The molecule has 0 fully saturated rings. The maximum absolute atomic E-state index is 2.52. The minimum atomic E-state index is 0.116. The molecule has 2 unspecified atom stereocenters. The van der Waals surface area contributed by atoms with Crippen molar-refractivity contribution < 1.29 is 0 Å². The molecule has 2 aromatic rings. The number of hydrogen-bond acceptors (Lipinski definition) is 1. The average Bonchev–Trinajstić information content (AvgIpc) is 2.87. The van der Waals surface area contributed by atoms with Crippen molar-refractivity contribution in [3.05, 3.63) is 74.4 Å². The van der Waals surface area contributed by atoms with Crippen LogP contribution in [0.2, 0.25) is 0 Å². The maximum atomic E-state index is 2.52. The first-order chi connectivity index (χ1) is 11.2. The molecular formula is C21H17IS. The summed E-state index contributed by atoms with van der Waals surface area (Å²) in [6, 6.07) is 11.6. The molecule has 0 saturated heterocycles. The van der Waals surface area contributed by atoms with Crippen LogP contribution < -0.4 is 0 Å². The summed E-state index contributed by atoms with van der Waals surface area (Å²) in [6.45, 7) is 4.45. The summed E-state index contributed by atoms with van der Waals surface area (Å²) in [5, 5.41) is 3.33. The first-order valence-corrected chi connectivity index (χ1v) is 11.2. The third-order valence-corrected chi connectivity index (χ3v) is 8.42. The summed E-state index contributed by atoms with van der Waals surface area (Å²) in [6.07, 6.45) is 7.45. The summed E-state index contributed by atoms with van der Waals surface area (Å²) in [5.74, 6) is 0.535. The number of fused-ring (bicyclic) bond motifs is 5. The highest BCUT2D eigenvalue weighted by Crippen LogP contribution is 2.51. The lowest BCUT2D eigenvalue weighted by Gasteiger charge is -2.23. The molecule has 0 amide bonds. The Bertz CT molecular complexity index is 975. The van der Waals surface area contributed by atoms with Crippen molar-refractivity contribution in [3.63, 3.8) is 0 Å². The number of benzene rings is 2. The Kier molecular flexibility index (Phi) is 3.21. The second-order valence-electron chi connectivity index (χ2n) is 6.54. The van der Waals surface area contributed by atoms with Crippen LogP contribution in [0.1, 0.15) is 24.0 Å². The minimum Gasteiger partial charge on any atom is -0.117 e. The molecule has 2 aromatic carbocycles. The Morgan fingerprint density at radius 3 is 2.78 bits per heavy atom. The van der Waals surface area contributed by atoms with E-state index in [2.05, 4.69) is 66.4 Å². The third kappa shape index (κ3) is 2.30. The fourth-order valence-corrected chi connectivity index (χ4v) is 6.99. The van der Waals surface area contributed by atoms with Crippen LogP contribution in [0.25, 0.3) is 10.8 Å². The van der Waals surface area contributed by atoms with Crippen molar-refractivity contribution in [2.45, 2.75) is 29.9 Å². The molecule has 0 radical (unpaired) electrons. The maximum Gasteiger partial charge on any atom is 0.0387 e. The molecular weight excluding hydrogens is 411 g/mol. The number of allylic oxidation sites excluding steroid dienone is 5. The van der Waals surface area contributed by atoms with Gasteiger partial charge in [-0.1, -0.05) is 56.6 Å². The molecule has 0 nitrogen and oxygen atoms in total. The number of halogens is 1. The van der Waals surface area contributed by atoms with Crippen LogP contribution in [0, 0.1) is 6.92 Å². The quantitative estimate of drug-likeness (QED) is 0.446. The fourth-order valence-electron chi connectivity index (χ4n) is 3.68. The third-order valence-electron chi connectivity index (χ3n) is 4.84. The van der Waals surface area contributed by atoms with E-state index in [0.717, 1.165) is 0 Å². The Morgan fingerprint density at radius 1 is 0.957 bits per heavy atom. The first-order valence-electron chi connectivity index (χ1n) is 7.97. The predicted octanol–water partition coefficient (Wildman–Crippen LogP) is 6.26. The van der Waals surface area contributed by atoms with Gasteiger partial charge >= 0.3 is 0 Å². The SMILES string of the molecule is CC1=CC2=CC3c4cc5ccc(C)cc5cc4SC3C=C2C=I1. The standard InChI is InChI=1S/C21H17IS/c1-12-3-4-14-7-18-19-8-16-6-13(2)22-11-17(16)10-21(19)23-20(18)9-15(14)5-12/h3-11,19,21H,1-2H3. The molecule has 2 heteroatoms. The van der Waals surface area contributed by atoms with Gasteiger partial charge in [0.05, 0.1) is 0 Å². The van der Waals surface area contributed by atoms with Gasteiger partial charge in [0.2, 0.25) is 0 Å². The average molecular weight is 428 g/mol. The minimum absolute atomic E-state index is 0.116. The van der Waals surface area contributed by atoms with Crippen LogP contribution in [0.4, 0.5) is 0 Å². The van der Waals surface area contributed by atoms with E-state index in [1.165, 1.54) is 37.9 Å². The molecule has 2 heterocycles. The topological polar surface area (TPSA) is 0 Å². The van der Waals surface area contributed by atoms with Gasteiger partial charge in [0, 0.05) is 16.1 Å². The normalized spacial score (nSPS) is 24.9. The lowest BCUT2D eigenvalue weighted by Crippen LogP contribution is -2.13. The molecule has 0 N–H and O–H groups in total. The lowest BCUT2D eigenvalue weighted by molar-refractivity contribution is 0.873. The molecule has 5 rings (SSSR count). The molecule has 0 bridgehead atoms. The van der Waals surface area contributed by atoms with Crippen LogP contribution in [-0.4, -0.2) is 9.26 Å². The van der Waals surface area contributed by atoms with Crippen molar-refractivity contribution in [2.75, 3.05) is 0 Å². The smallest absolute Gasteiger partial charge is 0.0387 e. The van der Waals surface area contributed by atoms with E-state index in [9.17, 15) is 0 Å². The van der Waals surface area contributed by atoms with Crippen LogP contribution in [0.3, 0.4) is 0 Å². The summed E-state index contributed by atoms with van der Waals surface area (Å²) < 4.78 is 4.07. The van der Waals surface area contributed by atoms with E-state index in [0.29, 0.717) is 11.2 Å². The van der Waals surface area contributed by atoms with E-state index >= 15 is 0 Å². The van der Waals surface area contributed by atoms with Crippen molar-refractivity contribution in [3.8, 4) is 0 Å². The molecule has 2 aliphatic heterocycles. The van der Waals surface area contributed by atoms with Gasteiger partial charge in [-0.2, -0.15) is 0 Å². The molecule has 0 aromatic heterocycles. The summed E-state index contributed by atoms with van der Waals surface area (Å²) in [4.78, 5) is 1.47. The Morgan fingerprint density at radius 2 is 1.87 bits per heavy atom. The summed E-state index contributed by atoms with van der Waals surface area (Å²) in [7, 11) is 0. The first kappa shape index (κ1) is 14.2. The van der Waals surface area contributed by atoms with Crippen molar-refractivity contribution >= 4 is 47.3 Å². The van der Waals surface area contributed by atoms with Gasteiger partial charge in [0.1, 0.15) is 0 Å². The molecule has 1 aliphatic carbocycles. The highest BCUT2D eigenvalue weighted by molar-refractivity contribution is 14.2. The van der Waals surface area contributed by atoms with Gasteiger partial charge in [-0.15, -0.1) is 11.8 Å². The van der Waals surface area contributed by atoms with E-state index in [1.807, 2.05) is 11.8 Å². The lowest BCUT2D eigenvalue weighted by atomic mass is 9.85. The van der Waals surface area contributed by atoms with Gasteiger partial charge in [0.25, 0.3) is 0 Å². The van der Waals surface area contributed by atoms with Crippen molar-refractivity contribution in [1.82, 2.24) is 0 Å². The molecule has 23 heavy (non-hydrogen) atoms. The van der Waals surface area contributed by atoms with Crippen LogP contribution in [-0.2, 0) is 0 Å². The number of hydrogen-bond donors (Lipinski definition) is 0. The molecule has 2 atom stereocenters. The Balaban J connectivity index is 1.66. The van der Waals surface area contributed by atoms with Crippen LogP contribution in [0.5, 0.6) is 0 Å². The molecule has 114 valence electrons. The fraction of sp³-hybridized carbons (Fsp3) is 0.190.